The van der Waals surface area contributed by atoms with Crippen molar-refractivity contribution in [2.24, 2.45) is 11.0 Å². The Morgan fingerprint density at radius 1 is 1.39 bits per heavy atom. The molecule has 2 N–H and O–H groups in total. The topological polar surface area (TPSA) is 97.1 Å². The summed E-state index contributed by atoms with van der Waals surface area (Å²) in [5.74, 6) is -0.00329. The first-order valence-electron chi connectivity index (χ1n) is 8.78. The van der Waals surface area contributed by atoms with Gasteiger partial charge in [0.05, 0.1) is 30.0 Å². The van der Waals surface area contributed by atoms with Gasteiger partial charge in [0.25, 0.3) is 0 Å². The fourth-order valence-corrected chi connectivity index (χ4v) is 3.15. The van der Waals surface area contributed by atoms with E-state index in [-0.39, 0.29) is 17.7 Å². The number of halogens is 3. The number of aromatic nitrogens is 4. The van der Waals surface area contributed by atoms with Crippen LogP contribution in [0.5, 0.6) is 0 Å². The van der Waals surface area contributed by atoms with E-state index in [0.29, 0.717) is 31.7 Å². The molecule has 9 nitrogen and oxygen atoms in total. The first-order valence-corrected chi connectivity index (χ1v) is 8.78. The Bertz CT molecular complexity index is 932. The molecule has 2 aromatic rings. The molecule has 0 fully saturated rings. The Labute approximate surface area is 158 Å². The molecule has 0 radical (unpaired) electrons. The molecule has 0 spiro atoms. The minimum absolute atomic E-state index is 0.0753. The number of hydrogen-bond donors (Lipinski definition) is 2. The van der Waals surface area contributed by atoms with Crippen LogP contribution in [0, 0.1) is 5.92 Å². The van der Waals surface area contributed by atoms with Crippen molar-refractivity contribution in [2.75, 3.05) is 23.7 Å². The highest BCUT2D eigenvalue weighted by Gasteiger charge is 2.35. The molecular weight excluding hydrogens is 375 g/mol. The van der Waals surface area contributed by atoms with E-state index in [2.05, 4.69) is 36.2 Å². The molecule has 2 aliphatic heterocycles. The van der Waals surface area contributed by atoms with Crippen LogP contribution >= 0.6 is 0 Å². The molecule has 28 heavy (non-hydrogen) atoms. The highest BCUT2D eigenvalue weighted by molar-refractivity contribution is 5.66. The van der Waals surface area contributed by atoms with Gasteiger partial charge in [0.2, 0.25) is 5.95 Å². The van der Waals surface area contributed by atoms with Crippen LogP contribution < -0.4 is 10.6 Å². The van der Waals surface area contributed by atoms with Crippen molar-refractivity contribution < 1.29 is 18.0 Å². The van der Waals surface area contributed by atoms with Gasteiger partial charge in [-0.05, 0) is 13.1 Å². The zero-order valence-corrected chi connectivity index (χ0v) is 15.0. The predicted octanol–water partition coefficient (Wildman–Crippen LogP) is 2.41. The van der Waals surface area contributed by atoms with Crippen LogP contribution in [0.25, 0.3) is 5.43 Å². The number of nitrogens with zero attached hydrogens (tertiary/aromatic N) is 7. The van der Waals surface area contributed by atoms with Crippen molar-refractivity contribution in [1.29, 1.82) is 0 Å². The highest BCUT2D eigenvalue weighted by Crippen LogP contribution is 2.34. The van der Waals surface area contributed by atoms with Crippen LogP contribution in [0.2, 0.25) is 0 Å². The summed E-state index contributed by atoms with van der Waals surface area (Å²) in [5.41, 5.74) is 4.88. The first-order chi connectivity index (χ1) is 13.4. The average Bonchev–Trinajstić information content (AvgIpc) is 3.34. The fraction of sp³-hybridized carbons (Fsp3) is 0.438. The molecule has 0 saturated heterocycles. The normalized spacial score (nSPS) is 19.7. The molecule has 1 unspecified atom stereocenters. The van der Waals surface area contributed by atoms with Gasteiger partial charge in [0.1, 0.15) is 11.4 Å². The first kappa shape index (κ1) is 18.2. The monoisotopic (exact) mass is 393 g/mol. The van der Waals surface area contributed by atoms with Crippen molar-refractivity contribution >= 4 is 29.9 Å². The number of rotatable bonds is 5. The van der Waals surface area contributed by atoms with Crippen LogP contribution in [0.4, 0.5) is 30.6 Å². The third-order valence-electron chi connectivity index (χ3n) is 4.35. The van der Waals surface area contributed by atoms with Gasteiger partial charge in [0.15, 0.2) is 6.21 Å². The van der Waals surface area contributed by atoms with Gasteiger partial charge < -0.3 is 10.6 Å². The quantitative estimate of drug-likeness (QED) is 0.761. The summed E-state index contributed by atoms with van der Waals surface area (Å²) >= 11 is 0. The lowest BCUT2D eigenvalue weighted by Gasteiger charge is -2.13. The zero-order valence-electron chi connectivity index (χ0n) is 15.0. The molecular formula is C16H18F3N9. The largest absolute Gasteiger partial charge is 0.421 e. The molecule has 4 rings (SSSR count). The van der Waals surface area contributed by atoms with E-state index in [1.54, 1.807) is 24.1 Å². The Kier molecular flexibility index (Phi) is 4.61. The fourth-order valence-electron chi connectivity index (χ4n) is 3.15. The van der Waals surface area contributed by atoms with Crippen LogP contribution in [0.3, 0.4) is 0 Å². The van der Waals surface area contributed by atoms with Gasteiger partial charge in [-0.25, -0.2) is 10.4 Å². The molecule has 0 saturated carbocycles. The summed E-state index contributed by atoms with van der Waals surface area (Å²) in [6.45, 7) is 3.26. The summed E-state index contributed by atoms with van der Waals surface area (Å²) in [6, 6.07) is 0. The SMILES string of the molecule is CCNc1nc(Nc2cnn3c2CC(C=[N+]2N=CC[N-]2)C3)ncc1C(F)(F)F. The average molecular weight is 393 g/mol. The Hall–Kier alpha value is -3.18. The molecule has 12 heteroatoms. The highest BCUT2D eigenvalue weighted by atomic mass is 19.4. The summed E-state index contributed by atoms with van der Waals surface area (Å²) in [6.07, 6.45) is 2.23. The predicted molar refractivity (Wildman–Crippen MR) is 96.9 cm³/mol. The van der Waals surface area contributed by atoms with E-state index < -0.39 is 11.7 Å². The molecule has 148 valence electrons. The summed E-state index contributed by atoms with van der Waals surface area (Å²) in [7, 11) is 0. The van der Waals surface area contributed by atoms with Crippen molar-refractivity contribution in [2.45, 2.75) is 26.1 Å². The van der Waals surface area contributed by atoms with Crippen molar-refractivity contribution in [3.63, 3.8) is 0 Å². The Morgan fingerprint density at radius 3 is 2.96 bits per heavy atom. The second kappa shape index (κ2) is 7.09. The molecule has 1 atom stereocenters. The van der Waals surface area contributed by atoms with Gasteiger partial charge in [0, 0.05) is 25.7 Å². The van der Waals surface area contributed by atoms with Crippen molar-refractivity contribution in [3.05, 3.63) is 29.1 Å². The lowest BCUT2D eigenvalue weighted by Crippen LogP contribution is -2.14. The maximum atomic E-state index is 13.1. The molecule has 2 aliphatic rings. The van der Waals surface area contributed by atoms with E-state index in [0.717, 1.165) is 11.9 Å². The smallest absolute Gasteiger partial charge is 0.370 e. The molecule has 4 heterocycles. The van der Waals surface area contributed by atoms with E-state index in [9.17, 15) is 13.2 Å². The van der Waals surface area contributed by atoms with Crippen LogP contribution in [-0.4, -0.2) is 50.1 Å². The lowest BCUT2D eigenvalue weighted by atomic mass is 10.1. The summed E-state index contributed by atoms with van der Waals surface area (Å²) in [5, 5.41) is 14.1. The Balaban J connectivity index is 1.53. The number of fused-ring (bicyclic) bond motifs is 1. The van der Waals surface area contributed by atoms with Crippen LogP contribution in [0.1, 0.15) is 18.2 Å². The maximum Gasteiger partial charge on any atom is 0.421 e. The minimum atomic E-state index is -4.53. The van der Waals surface area contributed by atoms with E-state index in [4.69, 9.17) is 0 Å². The van der Waals surface area contributed by atoms with E-state index in [1.807, 2.05) is 10.9 Å². The Morgan fingerprint density at radius 2 is 2.25 bits per heavy atom. The van der Waals surface area contributed by atoms with Crippen molar-refractivity contribution in [3.8, 4) is 0 Å². The van der Waals surface area contributed by atoms with E-state index >= 15 is 0 Å². The zero-order chi connectivity index (χ0) is 19.7. The second-order valence-electron chi connectivity index (χ2n) is 6.35. The van der Waals surface area contributed by atoms with Crippen LogP contribution in [-0.2, 0) is 19.1 Å². The minimum Gasteiger partial charge on any atom is -0.370 e. The standard InChI is InChI=1S/C16H18F3N9/c1-2-20-14-11(16(17,18)19)6-21-15(26-14)25-12-7-24-27-8-10(5-13(12)27)9-28-22-3-4-23-28/h3,6-7,9-10H,2,4-5,8H2,1H3,(H2,20,21,25,26). The van der Waals surface area contributed by atoms with Crippen molar-refractivity contribution in [1.82, 2.24) is 19.7 Å². The number of hydrogen-bond acceptors (Lipinski definition) is 6. The maximum absolute atomic E-state index is 13.1. The second-order valence-corrected chi connectivity index (χ2v) is 6.35. The molecule has 0 aromatic carbocycles. The number of nitrogens with one attached hydrogen (secondary N) is 2. The van der Waals surface area contributed by atoms with E-state index in [1.165, 1.54) is 0 Å². The third-order valence-corrected chi connectivity index (χ3v) is 4.35. The number of anilines is 3. The van der Waals surface area contributed by atoms with Gasteiger partial charge >= 0.3 is 6.18 Å². The number of hydrazone groups is 1. The molecule has 0 amide bonds. The molecule has 0 bridgehead atoms. The third kappa shape index (κ3) is 3.62. The van der Waals surface area contributed by atoms with Gasteiger partial charge in [-0.3, -0.25) is 4.68 Å². The summed E-state index contributed by atoms with van der Waals surface area (Å²) in [4.78, 5) is 9.37. The summed E-state index contributed by atoms with van der Waals surface area (Å²) < 4.78 is 41.1. The molecule has 2 aromatic heterocycles. The van der Waals surface area contributed by atoms with Gasteiger partial charge in [-0.2, -0.15) is 28.4 Å². The lowest BCUT2D eigenvalue weighted by molar-refractivity contribution is -0.472. The van der Waals surface area contributed by atoms with Gasteiger partial charge in [-0.15, -0.1) is 4.79 Å². The van der Waals surface area contributed by atoms with Gasteiger partial charge in [-0.1, -0.05) is 0 Å². The van der Waals surface area contributed by atoms with Crippen LogP contribution in [0.15, 0.2) is 17.5 Å². The molecule has 0 aliphatic carbocycles. The number of alkyl halides is 3.